The second kappa shape index (κ2) is 9.03. The van der Waals surface area contributed by atoms with E-state index in [1.54, 1.807) is 0 Å². The molecule has 0 bridgehead atoms. The van der Waals surface area contributed by atoms with Crippen LogP contribution in [0.1, 0.15) is 22.3 Å². The zero-order chi connectivity index (χ0) is 28.5. The third kappa shape index (κ3) is 3.07. The molecule has 0 aliphatic heterocycles. The highest BCUT2D eigenvalue weighted by Gasteiger charge is 2.21. The lowest BCUT2D eigenvalue weighted by atomic mass is 9.81. The number of benzene rings is 8. The standard InChI is InChI=1S/C42H28/c1-5-25-17-21-33-37(29(25)7-3)38-30(8-4)26(6-2)18-22-34(38)42-36-24-20-28-14-10-12-16-32(28)40(36)39-31-15-11-9-13-27(31)19-23-35(39)41(33)42/h5-24H,1-4H2. The van der Waals surface area contributed by atoms with Crippen LogP contribution < -0.4 is 0 Å². The molecule has 0 heteroatoms. The summed E-state index contributed by atoms with van der Waals surface area (Å²) in [6.07, 6.45) is 7.81. The summed E-state index contributed by atoms with van der Waals surface area (Å²) in [4.78, 5) is 0. The van der Waals surface area contributed by atoms with Gasteiger partial charge in [0, 0.05) is 0 Å². The van der Waals surface area contributed by atoms with Crippen LogP contribution in [0.15, 0.2) is 123 Å². The van der Waals surface area contributed by atoms with Crippen LogP contribution in [0, 0.1) is 0 Å². The zero-order valence-electron chi connectivity index (χ0n) is 23.4. The van der Waals surface area contributed by atoms with E-state index >= 15 is 0 Å². The van der Waals surface area contributed by atoms with Gasteiger partial charge in [0.1, 0.15) is 0 Å². The van der Waals surface area contributed by atoms with Gasteiger partial charge in [-0.3, -0.25) is 0 Å². The van der Waals surface area contributed by atoms with Crippen molar-refractivity contribution in [2.75, 3.05) is 0 Å². The van der Waals surface area contributed by atoms with Crippen molar-refractivity contribution in [3.8, 4) is 0 Å². The van der Waals surface area contributed by atoms with E-state index in [4.69, 9.17) is 0 Å². The molecular formula is C42H28. The summed E-state index contributed by atoms with van der Waals surface area (Å²) in [5.74, 6) is 0. The van der Waals surface area contributed by atoms with Gasteiger partial charge in [-0.25, -0.2) is 0 Å². The Bertz CT molecular complexity index is 2340. The molecule has 0 spiro atoms. The highest BCUT2D eigenvalue weighted by molar-refractivity contribution is 6.45. The Kier molecular flexibility index (Phi) is 5.23. The largest absolute Gasteiger partial charge is 0.0984 e. The Hall–Kier alpha value is -5.46. The Morgan fingerprint density at radius 2 is 0.667 bits per heavy atom. The van der Waals surface area contributed by atoms with Crippen molar-refractivity contribution in [2.45, 2.75) is 0 Å². The zero-order valence-corrected chi connectivity index (χ0v) is 23.4. The lowest BCUT2D eigenvalue weighted by Crippen LogP contribution is -1.95. The van der Waals surface area contributed by atoms with Crippen LogP contribution in [-0.4, -0.2) is 0 Å². The molecule has 0 aromatic heterocycles. The molecule has 0 aliphatic carbocycles. The molecule has 0 saturated heterocycles. The fraction of sp³-hybridized carbons (Fsp3) is 0. The normalized spacial score (nSPS) is 11.7. The van der Waals surface area contributed by atoms with Crippen molar-refractivity contribution >= 4 is 99.7 Å². The second-order valence-electron chi connectivity index (χ2n) is 11.0. The molecule has 8 aromatic carbocycles. The Labute approximate surface area is 244 Å². The van der Waals surface area contributed by atoms with E-state index in [0.29, 0.717) is 0 Å². The van der Waals surface area contributed by atoms with Crippen LogP contribution in [0.2, 0.25) is 0 Å². The molecule has 0 fully saturated rings. The summed E-state index contributed by atoms with van der Waals surface area (Å²) in [5, 5.41) is 17.4. The van der Waals surface area contributed by atoms with Crippen LogP contribution in [0.5, 0.6) is 0 Å². The van der Waals surface area contributed by atoms with E-state index in [1.165, 1.54) is 75.4 Å². The molecule has 0 amide bonds. The van der Waals surface area contributed by atoms with Gasteiger partial charge in [0.05, 0.1) is 0 Å². The van der Waals surface area contributed by atoms with Gasteiger partial charge in [-0.2, -0.15) is 0 Å². The van der Waals surface area contributed by atoms with Crippen LogP contribution in [-0.2, 0) is 0 Å². The number of rotatable bonds is 4. The van der Waals surface area contributed by atoms with Crippen LogP contribution in [0.25, 0.3) is 99.7 Å². The van der Waals surface area contributed by atoms with Crippen LogP contribution in [0.3, 0.4) is 0 Å². The summed E-state index contributed by atoms with van der Waals surface area (Å²) in [6, 6.07) is 35.6. The fourth-order valence-electron chi connectivity index (χ4n) is 7.35. The maximum absolute atomic E-state index is 4.27. The maximum atomic E-state index is 4.27. The summed E-state index contributed by atoms with van der Waals surface area (Å²) in [7, 11) is 0. The van der Waals surface area contributed by atoms with E-state index in [1.807, 2.05) is 24.3 Å². The highest BCUT2D eigenvalue weighted by Crippen LogP contribution is 2.49. The monoisotopic (exact) mass is 532 g/mol. The minimum Gasteiger partial charge on any atom is -0.0984 e. The van der Waals surface area contributed by atoms with Gasteiger partial charge < -0.3 is 0 Å². The summed E-state index contributed by atoms with van der Waals surface area (Å²) in [5.41, 5.74) is 4.31. The molecule has 0 saturated carbocycles. The van der Waals surface area contributed by atoms with Crippen molar-refractivity contribution in [3.63, 3.8) is 0 Å². The van der Waals surface area contributed by atoms with Gasteiger partial charge in [-0.15, -0.1) is 0 Å². The summed E-state index contributed by atoms with van der Waals surface area (Å²) < 4.78 is 0. The molecule has 8 aromatic rings. The molecule has 8 rings (SSSR count). The molecule has 0 heterocycles. The first kappa shape index (κ1) is 24.3. The molecular weight excluding hydrogens is 504 g/mol. The second-order valence-corrected chi connectivity index (χ2v) is 11.0. The number of fused-ring (bicyclic) bond motifs is 15. The lowest BCUT2D eigenvalue weighted by molar-refractivity contribution is 1.68. The van der Waals surface area contributed by atoms with E-state index < -0.39 is 0 Å². The van der Waals surface area contributed by atoms with Crippen LogP contribution >= 0.6 is 0 Å². The number of hydrogen-bond acceptors (Lipinski definition) is 0. The predicted molar refractivity (Wildman–Crippen MR) is 189 cm³/mol. The Balaban J connectivity index is 1.85. The summed E-state index contributed by atoms with van der Waals surface area (Å²) in [6.45, 7) is 16.8. The van der Waals surface area contributed by atoms with Gasteiger partial charge >= 0.3 is 0 Å². The van der Waals surface area contributed by atoms with Crippen molar-refractivity contribution < 1.29 is 0 Å². The quantitative estimate of drug-likeness (QED) is 0.198. The van der Waals surface area contributed by atoms with Gasteiger partial charge in [0.2, 0.25) is 0 Å². The number of hydrogen-bond donors (Lipinski definition) is 0. The molecule has 42 heavy (non-hydrogen) atoms. The first-order valence-corrected chi connectivity index (χ1v) is 14.3. The van der Waals surface area contributed by atoms with Crippen molar-refractivity contribution in [2.24, 2.45) is 0 Å². The Morgan fingerprint density at radius 1 is 0.310 bits per heavy atom. The van der Waals surface area contributed by atoms with Crippen molar-refractivity contribution in [3.05, 3.63) is 146 Å². The molecule has 0 aliphatic rings. The first-order valence-electron chi connectivity index (χ1n) is 14.3. The molecule has 0 N–H and O–H groups in total. The molecule has 0 radical (unpaired) electrons. The van der Waals surface area contributed by atoms with Gasteiger partial charge in [-0.05, 0) is 97.7 Å². The first-order chi connectivity index (χ1) is 20.7. The molecule has 0 atom stereocenters. The Morgan fingerprint density at radius 3 is 1.07 bits per heavy atom. The fourth-order valence-corrected chi connectivity index (χ4v) is 7.35. The minimum absolute atomic E-state index is 1.07. The van der Waals surface area contributed by atoms with Gasteiger partial charge in [0.15, 0.2) is 0 Å². The van der Waals surface area contributed by atoms with Crippen LogP contribution in [0.4, 0.5) is 0 Å². The average molecular weight is 533 g/mol. The van der Waals surface area contributed by atoms with Gasteiger partial charge in [-0.1, -0.05) is 148 Å². The third-order valence-corrected chi connectivity index (χ3v) is 9.09. The maximum Gasteiger partial charge on any atom is -0.00134 e. The van der Waals surface area contributed by atoms with Crippen molar-refractivity contribution in [1.29, 1.82) is 0 Å². The van der Waals surface area contributed by atoms with E-state index in [9.17, 15) is 0 Å². The van der Waals surface area contributed by atoms with E-state index in [2.05, 4.69) is 123 Å². The molecule has 0 nitrogen and oxygen atoms in total. The average Bonchev–Trinajstić information content (AvgIpc) is 3.05. The SMILES string of the molecule is C=Cc1ccc2c(c1C=C)c1c(C=C)c(C=C)ccc1c1c3ccc4ccccc4c3c3c4ccccc4ccc3c21. The smallest absolute Gasteiger partial charge is 0.00134 e. The van der Waals surface area contributed by atoms with Gasteiger partial charge in [0.25, 0.3) is 0 Å². The molecule has 0 unspecified atom stereocenters. The van der Waals surface area contributed by atoms with Crippen molar-refractivity contribution in [1.82, 2.24) is 0 Å². The topological polar surface area (TPSA) is 0 Å². The molecule has 196 valence electrons. The third-order valence-electron chi connectivity index (χ3n) is 9.09. The highest BCUT2D eigenvalue weighted by atomic mass is 14.2. The van der Waals surface area contributed by atoms with E-state index in [-0.39, 0.29) is 0 Å². The summed E-state index contributed by atoms with van der Waals surface area (Å²) >= 11 is 0. The van der Waals surface area contributed by atoms with E-state index in [0.717, 1.165) is 22.3 Å². The predicted octanol–water partition coefficient (Wildman–Crippen LogP) is 12.3. The minimum atomic E-state index is 1.07. The lowest BCUT2D eigenvalue weighted by Gasteiger charge is -2.21.